The summed E-state index contributed by atoms with van der Waals surface area (Å²) in [4.78, 5) is 26.9. The molecule has 0 saturated heterocycles. The fourth-order valence-electron chi connectivity index (χ4n) is 2.80. The van der Waals surface area contributed by atoms with E-state index in [9.17, 15) is 9.59 Å². The normalized spacial score (nSPS) is 11.7. The highest BCUT2D eigenvalue weighted by atomic mass is 35.5. The van der Waals surface area contributed by atoms with E-state index in [1.165, 1.54) is 0 Å². The molecule has 0 radical (unpaired) electrons. The Bertz CT molecular complexity index is 809. The number of carbonyl (C=O) groups is 2. The number of benzene rings is 2. The molecule has 2 aromatic carbocycles. The van der Waals surface area contributed by atoms with Crippen molar-refractivity contribution in [3.05, 3.63) is 68.7 Å². The summed E-state index contributed by atoms with van der Waals surface area (Å²) in [6, 6.07) is 11.6. The van der Waals surface area contributed by atoms with Crippen molar-refractivity contribution < 1.29 is 9.59 Å². The summed E-state index contributed by atoms with van der Waals surface area (Å²) in [6.45, 7) is 2.08. The Kier molecular flexibility index (Phi) is 7.96. The zero-order valence-electron chi connectivity index (χ0n) is 15.1. The van der Waals surface area contributed by atoms with Gasteiger partial charge in [0, 0.05) is 28.7 Å². The Hall–Kier alpha value is -1.75. The molecule has 0 saturated carbocycles. The maximum Gasteiger partial charge on any atom is 0.242 e. The van der Waals surface area contributed by atoms with E-state index in [1.54, 1.807) is 54.4 Å². The summed E-state index contributed by atoms with van der Waals surface area (Å²) in [6.07, 6.45) is 0.646. The van der Waals surface area contributed by atoms with Crippen molar-refractivity contribution in [2.75, 3.05) is 7.05 Å². The first-order chi connectivity index (χ1) is 12.8. The Labute approximate surface area is 174 Å². The molecule has 0 aliphatic rings. The second kappa shape index (κ2) is 9.98. The average molecular weight is 428 g/mol. The zero-order chi connectivity index (χ0) is 20.0. The number of hydrogen-bond donors (Lipinski definition) is 1. The van der Waals surface area contributed by atoms with Crippen LogP contribution in [-0.4, -0.2) is 29.8 Å². The third kappa shape index (κ3) is 5.86. The van der Waals surface area contributed by atoms with Gasteiger partial charge >= 0.3 is 0 Å². The minimum Gasteiger partial charge on any atom is -0.357 e. The quantitative estimate of drug-likeness (QED) is 0.693. The molecule has 27 heavy (non-hydrogen) atoms. The maximum absolute atomic E-state index is 13.0. The van der Waals surface area contributed by atoms with E-state index in [2.05, 4.69) is 5.32 Å². The van der Waals surface area contributed by atoms with Crippen LogP contribution in [0.5, 0.6) is 0 Å². The molecule has 1 N–H and O–H groups in total. The van der Waals surface area contributed by atoms with Gasteiger partial charge in [-0.25, -0.2) is 0 Å². The second-order valence-electron chi connectivity index (χ2n) is 6.10. The lowest BCUT2D eigenvalue weighted by atomic mass is 10.1. The third-order valence-corrected chi connectivity index (χ3v) is 5.10. The second-order valence-corrected chi connectivity index (χ2v) is 7.38. The summed E-state index contributed by atoms with van der Waals surface area (Å²) >= 11 is 18.1. The van der Waals surface area contributed by atoms with Gasteiger partial charge in [0.15, 0.2) is 0 Å². The predicted octanol–water partition coefficient (Wildman–Crippen LogP) is 4.74. The van der Waals surface area contributed by atoms with Crippen LogP contribution in [0.4, 0.5) is 0 Å². The molecule has 2 aromatic rings. The molecule has 2 rings (SSSR count). The standard InChI is InChI=1S/C20H21Cl3N2O2/c1-3-18(20(27)24-2)25(12-14-6-9-16(22)11-17(14)23)19(26)10-13-4-7-15(21)8-5-13/h4-9,11,18H,3,10,12H2,1-2H3,(H,24,27)/t18-/m1/s1. The highest BCUT2D eigenvalue weighted by Crippen LogP contribution is 2.24. The van der Waals surface area contributed by atoms with Gasteiger partial charge in [-0.15, -0.1) is 0 Å². The molecule has 1 atom stereocenters. The number of hydrogen-bond acceptors (Lipinski definition) is 2. The van der Waals surface area contributed by atoms with Crippen LogP contribution in [0.3, 0.4) is 0 Å². The van der Waals surface area contributed by atoms with Crippen LogP contribution in [0.1, 0.15) is 24.5 Å². The maximum atomic E-state index is 13.0. The number of amides is 2. The van der Waals surface area contributed by atoms with Crippen LogP contribution in [-0.2, 0) is 22.6 Å². The van der Waals surface area contributed by atoms with Crippen molar-refractivity contribution in [2.45, 2.75) is 32.4 Å². The molecular weight excluding hydrogens is 407 g/mol. The van der Waals surface area contributed by atoms with E-state index in [0.29, 0.717) is 21.5 Å². The summed E-state index contributed by atoms with van der Waals surface area (Å²) in [7, 11) is 1.56. The molecule has 0 fully saturated rings. The topological polar surface area (TPSA) is 49.4 Å². The predicted molar refractivity (Wildman–Crippen MR) is 110 cm³/mol. The Morgan fingerprint density at radius 3 is 2.22 bits per heavy atom. The van der Waals surface area contributed by atoms with Gasteiger partial charge < -0.3 is 10.2 Å². The smallest absolute Gasteiger partial charge is 0.242 e. The van der Waals surface area contributed by atoms with E-state index in [-0.39, 0.29) is 24.8 Å². The largest absolute Gasteiger partial charge is 0.357 e. The van der Waals surface area contributed by atoms with Gasteiger partial charge in [0.2, 0.25) is 11.8 Å². The Morgan fingerprint density at radius 1 is 1.04 bits per heavy atom. The summed E-state index contributed by atoms with van der Waals surface area (Å²) in [5.41, 5.74) is 1.55. The van der Waals surface area contributed by atoms with Gasteiger partial charge in [0.1, 0.15) is 6.04 Å². The SMILES string of the molecule is CC[C@H](C(=O)NC)N(Cc1ccc(Cl)cc1Cl)C(=O)Cc1ccc(Cl)cc1. The van der Waals surface area contributed by atoms with Gasteiger partial charge in [-0.1, -0.05) is 59.9 Å². The summed E-state index contributed by atoms with van der Waals surface area (Å²) in [5.74, 6) is -0.383. The van der Waals surface area contributed by atoms with Crippen LogP contribution in [0.25, 0.3) is 0 Å². The van der Waals surface area contributed by atoms with Crippen LogP contribution >= 0.6 is 34.8 Å². The zero-order valence-corrected chi connectivity index (χ0v) is 17.4. The molecule has 0 aliphatic heterocycles. The molecule has 0 heterocycles. The molecule has 0 bridgehead atoms. The molecule has 0 unspecified atom stereocenters. The van der Waals surface area contributed by atoms with Gasteiger partial charge in [-0.2, -0.15) is 0 Å². The number of nitrogens with one attached hydrogen (secondary N) is 1. The van der Waals surface area contributed by atoms with Crippen molar-refractivity contribution >= 4 is 46.6 Å². The third-order valence-electron chi connectivity index (χ3n) is 4.26. The fraction of sp³-hybridized carbons (Fsp3) is 0.300. The highest BCUT2D eigenvalue weighted by Gasteiger charge is 2.28. The van der Waals surface area contributed by atoms with Crippen molar-refractivity contribution in [3.8, 4) is 0 Å². The van der Waals surface area contributed by atoms with Gasteiger partial charge in [-0.3, -0.25) is 9.59 Å². The van der Waals surface area contributed by atoms with Crippen molar-refractivity contribution in [1.29, 1.82) is 0 Å². The number of rotatable bonds is 7. The first-order valence-electron chi connectivity index (χ1n) is 8.55. The van der Waals surface area contributed by atoms with E-state index in [1.807, 2.05) is 6.92 Å². The molecule has 2 amide bonds. The highest BCUT2D eigenvalue weighted by molar-refractivity contribution is 6.35. The van der Waals surface area contributed by atoms with Crippen LogP contribution in [0, 0.1) is 0 Å². The molecule has 4 nitrogen and oxygen atoms in total. The van der Waals surface area contributed by atoms with E-state index >= 15 is 0 Å². The van der Waals surface area contributed by atoms with Crippen molar-refractivity contribution in [1.82, 2.24) is 10.2 Å². The van der Waals surface area contributed by atoms with Crippen LogP contribution < -0.4 is 5.32 Å². The molecule has 7 heteroatoms. The van der Waals surface area contributed by atoms with Crippen molar-refractivity contribution in [3.63, 3.8) is 0 Å². The molecule has 0 aromatic heterocycles. The minimum absolute atomic E-state index is 0.163. The van der Waals surface area contributed by atoms with E-state index in [4.69, 9.17) is 34.8 Å². The van der Waals surface area contributed by atoms with Gasteiger partial charge in [0.05, 0.1) is 6.42 Å². The summed E-state index contributed by atoms with van der Waals surface area (Å²) < 4.78 is 0. The average Bonchev–Trinajstić information content (AvgIpc) is 2.64. The van der Waals surface area contributed by atoms with E-state index in [0.717, 1.165) is 11.1 Å². The Morgan fingerprint density at radius 2 is 1.67 bits per heavy atom. The lowest BCUT2D eigenvalue weighted by Gasteiger charge is -2.30. The number of halogens is 3. The minimum atomic E-state index is -0.596. The number of nitrogens with zero attached hydrogens (tertiary/aromatic N) is 1. The molecule has 0 spiro atoms. The van der Waals surface area contributed by atoms with Crippen LogP contribution in [0.15, 0.2) is 42.5 Å². The first kappa shape index (κ1) is 21.5. The van der Waals surface area contributed by atoms with Crippen LogP contribution in [0.2, 0.25) is 15.1 Å². The van der Waals surface area contributed by atoms with Gasteiger partial charge in [-0.05, 0) is 41.8 Å². The summed E-state index contributed by atoms with van der Waals surface area (Å²) in [5, 5.41) is 4.20. The lowest BCUT2D eigenvalue weighted by Crippen LogP contribution is -2.48. The Balaban J connectivity index is 2.31. The first-order valence-corrected chi connectivity index (χ1v) is 9.68. The van der Waals surface area contributed by atoms with Gasteiger partial charge in [0.25, 0.3) is 0 Å². The molecule has 144 valence electrons. The van der Waals surface area contributed by atoms with Crippen molar-refractivity contribution in [2.24, 2.45) is 0 Å². The van der Waals surface area contributed by atoms with E-state index < -0.39 is 6.04 Å². The molecular formula is C20H21Cl3N2O2. The fourth-order valence-corrected chi connectivity index (χ4v) is 3.39. The lowest BCUT2D eigenvalue weighted by molar-refractivity contribution is -0.140. The molecule has 0 aliphatic carbocycles. The number of carbonyl (C=O) groups excluding carboxylic acids is 2. The number of likely N-dealkylation sites (N-methyl/N-ethyl adjacent to an activating group) is 1. The monoisotopic (exact) mass is 426 g/mol.